The highest BCUT2D eigenvalue weighted by molar-refractivity contribution is 6.27. The first-order chi connectivity index (χ1) is 24.8. The second-order valence-corrected chi connectivity index (χ2v) is 12.2. The Bertz CT molecular complexity index is 2840. The first-order valence-electron chi connectivity index (χ1n) is 16.5. The predicted molar refractivity (Wildman–Crippen MR) is 199 cm³/mol. The molecular weight excluding hydrogens is 617 g/mol. The average Bonchev–Trinajstić information content (AvgIpc) is 3.81. The Morgan fingerprint density at radius 1 is 0.380 bits per heavy atom. The number of oxazole rings is 1. The highest BCUT2D eigenvalue weighted by atomic mass is 16.3. The molecule has 50 heavy (non-hydrogen) atoms. The van der Waals surface area contributed by atoms with Crippen LogP contribution in [0.5, 0.6) is 0 Å². The van der Waals surface area contributed by atoms with Gasteiger partial charge in [0.1, 0.15) is 16.7 Å². The molecule has 0 aliphatic rings. The molecule has 0 saturated heterocycles. The van der Waals surface area contributed by atoms with Crippen LogP contribution in [0, 0.1) is 0 Å². The number of hydrogen-bond donors (Lipinski definition) is 0. The molecule has 0 saturated carbocycles. The smallest absolute Gasteiger partial charge is 0.227 e. The molecule has 10 rings (SSSR count). The molecule has 3 aromatic heterocycles. The lowest BCUT2D eigenvalue weighted by Gasteiger charge is -2.11. The minimum Gasteiger partial charge on any atom is -0.455 e. The van der Waals surface area contributed by atoms with Crippen LogP contribution in [0.2, 0.25) is 0 Å². The minimum absolute atomic E-state index is 0.523. The van der Waals surface area contributed by atoms with E-state index in [1.807, 2.05) is 103 Å². The Labute approximate surface area is 286 Å². The SMILES string of the molecule is c1ccc(-c2ccc(-c3nc(-c4ccccc4)nc(-c4cc5ccc6nc(-c7ccccc7)oc6c5c5c4oc4ccccc45)n3)cc2)cc1. The number of aromatic nitrogens is 4. The fourth-order valence-corrected chi connectivity index (χ4v) is 6.74. The van der Waals surface area contributed by atoms with E-state index in [9.17, 15) is 0 Å². The summed E-state index contributed by atoms with van der Waals surface area (Å²) in [6, 6.07) is 52.9. The van der Waals surface area contributed by atoms with E-state index in [0.29, 0.717) is 34.5 Å². The van der Waals surface area contributed by atoms with Gasteiger partial charge in [0, 0.05) is 32.8 Å². The van der Waals surface area contributed by atoms with Crippen molar-refractivity contribution in [2.24, 2.45) is 0 Å². The van der Waals surface area contributed by atoms with Gasteiger partial charge < -0.3 is 8.83 Å². The van der Waals surface area contributed by atoms with Crippen LogP contribution < -0.4 is 0 Å². The van der Waals surface area contributed by atoms with Crippen LogP contribution in [-0.2, 0) is 0 Å². The number of hydrogen-bond acceptors (Lipinski definition) is 6. The summed E-state index contributed by atoms with van der Waals surface area (Å²) >= 11 is 0. The molecule has 3 heterocycles. The molecule has 0 unspecified atom stereocenters. The van der Waals surface area contributed by atoms with E-state index in [2.05, 4.69) is 54.6 Å². The van der Waals surface area contributed by atoms with Crippen molar-refractivity contribution in [3.8, 4) is 56.7 Å². The summed E-state index contributed by atoms with van der Waals surface area (Å²) in [4.78, 5) is 20.1. The van der Waals surface area contributed by atoms with Crippen molar-refractivity contribution in [2.45, 2.75) is 0 Å². The molecule has 234 valence electrons. The summed E-state index contributed by atoms with van der Waals surface area (Å²) in [7, 11) is 0. The van der Waals surface area contributed by atoms with Gasteiger partial charge in [0.25, 0.3) is 0 Å². The fraction of sp³-hybridized carbons (Fsp3) is 0. The van der Waals surface area contributed by atoms with Gasteiger partial charge in [-0.1, -0.05) is 127 Å². The van der Waals surface area contributed by atoms with Gasteiger partial charge in [-0.05, 0) is 46.8 Å². The van der Waals surface area contributed by atoms with Gasteiger partial charge in [0.15, 0.2) is 23.1 Å². The third-order valence-corrected chi connectivity index (χ3v) is 9.16. The number of benzene rings is 7. The summed E-state index contributed by atoms with van der Waals surface area (Å²) < 4.78 is 13.2. The number of para-hydroxylation sites is 1. The lowest BCUT2D eigenvalue weighted by Crippen LogP contribution is -2.00. The lowest BCUT2D eigenvalue weighted by molar-refractivity contribution is 0.623. The Morgan fingerprint density at radius 3 is 1.66 bits per heavy atom. The van der Waals surface area contributed by atoms with Crippen LogP contribution in [-0.4, -0.2) is 19.9 Å². The zero-order valence-corrected chi connectivity index (χ0v) is 26.6. The number of fused-ring (bicyclic) bond motifs is 7. The highest BCUT2D eigenvalue weighted by Gasteiger charge is 2.23. The van der Waals surface area contributed by atoms with E-state index in [4.69, 9.17) is 28.8 Å². The summed E-state index contributed by atoms with van der Waals surface area (Å²) in [5.41, 5.74) is 8.70. The Hall–Kier alpha value is -6.92. The van der Waals surface area contributed by atoms with Crippen molar-refractivity contribution in [2.75, 3.05) is 0 Å². The maximum absolute atomic E-state index is 6.68. The summed E-state index contributed by atoms with van der Waals surface area (Å²) in [6.07, 6.45) is 0. The third kappa shape index (κ3) is 4.65. The van der Waals surface area contributed by atoms with E-state index in [1.54, 1.807) is 0 Å². The van der Waals surface area contributed by atoms with Crippen LogP contribution in [0.15, 0.2) is 167 Å². The van der Waals surface area contributed by atoms with Crippen molar-refractivity contribution in [1.82, 2.24) is 19.9 Å². The fourth-order valence-electron chi connectivity index (χ4n) is 6.74. The summed E-state index contributed by atoms with van der Waals surface area (Å²) in [6.45, 7) is 0. The van der Waals surface area contributed by atoms with Crippen LogP contribution in [0.1, 0.15) is 0 Å². The monoisotopic (exact) mass is 642 g/mol. The zero-order valence-electron chi connectivity index (χ0n) is 26.6. The number of nitrogens with zero attached hydrogens (tertiary/aromatic N) is 4. The molecule has 6 nitrogen and oxygen atoms in total. The third-order valence-electron chi connectivity index (χ3n) is 9.16. The topological polar surface area (TPSA) is 77.8 Å². The quantitative estimate of drug-likeness (QED) is 0.186. The van der Waals surface area contributed by atoms with E-state index < -0.39 is 0 Å². The maximum Gasteiger partial charge on any atom is 0.227 e. The predicted octanol–water partition coefficient (Wildman–Crippen LogP) is 11.4. The average molecular weight is 643 g/mol. The van der Waals surface area contributed by atoms with Crippen molar-refractivity contribution in [1.29, 1.82) is 0 Å². The maximum atomic E-state index is 6.68. The normalized spacial score (nSPS) is 11.6. The van der Waals surface area contributed by atoms with Gasteiger partial charge in [-0.25, -0.2) is 19.9 Å². The molecule has 7 aromatic carbocycles. The molecule has 0 aliphatic carbocycles. The molecular formula is C44H26N4O2. The summed E-state index contributed by atoms with van der Waals surface area (Å²) in [5, 5.41) is 3.83. The van der Waals surface area contributed by atoms with E-state index in [0.717, 1.165) is 66.0 Å². The van der Waals surface area contributed by atoms with E-state index in [-0.39, 0.29) is 0 Å². The molecule has 0 aliphatic heterocycles. The zero-order chi connectivity index (χ0) is 33.0. The molecule has 0 bridgehead atoms. The Kier molecular flexibility index (Phi) is 6.39. The summed E-state index contributed by atoms with van der Waals surface area (Å²) in [5.74, 6) is 2.26. The molecule has 10 aromatic rings. The molecule has 0 fully saturated rings. The molecule has 6 heteroatoms. The highest BCUT2D eigenvalue weighted by Crippen LogP contribution is 2.44. The van der Waals surface area contributed by atoms with Crippen molar-refractivity contribution in [3.05, 3.63) is 158 Å². The molecule has 0 radical (unpaired) electrons. The Morgan fingerprint density at radius 2 is 0.940 bits per heavy atom. The van der Waals surface area contributed by atoms with Gasteiger partial charge in [-0.2, -0.15) is 0 Å². The van der Waals surface area contributed by atoms with Gasteiger partial charge in [-0.3, -0.25) is 0 Å². The van der Waals surface area contributed by atoms with Crippen molar-refractivity contribution >= 4 is 43.8 Å². The number of furan rings is 1. The van der Waals surface area contributed by atoms with Gasteiger partial charge >= 0.3 is 0 Å². The molecule has 0 spiro atoms. The van der Waals surface area contributed by atoms with E-state index in [1.165, 1.54) is 0 Å². The second kappa shape index (κ2) is 11.4. The standard InChI is InChI=1S/C44H26N4O2/c1-4-12-27(13-5-1)28-20-22-30(23-21-28)42-46-41(29-14-6-2-7-15-29)47-43(48-42)34-26-32-24-25-35-40(50-44(45-35)31-16-8-3-9-17-31)37(32)38-33-18-10-11-19-36(33)49-39(34)38/h1-26H. The largest absolute Gasteiger partial charge is 0.455 e. The first kappa shape index (κ1) is 28.1. The van der Waals surface area contributed by atoms with Crippen molar-refractivity contribution < 1.29 is 8.83 Å². The lowest BCUT2D eigenvalue weighted by atomic mass is 9.99. The van der Waals surface area contributed by atoms with E-state index >= 15 is 0 Å². The second-order valence-electron chi connectivity index (χ2n) is 12.2. The number of rotatable bonds is 5. The first-order valence-corrected chi connectivity index (χ1v) is 16.5. The minimum atomic E-state index is 0.523. The molecule has 0 amide bonds. The van der Waals surface area contributed by atoms with Crippen molar-refractivity contribution in [3.63, 3.8) is 0 Å². The molecule has 0 atom stereocenters. The van der Waals surface area contributed by atoms with Gasteiger partial charge in [-0.15, -0.1) is 0 Å². The van der Waals surface area contributed by atoms with Crippen LogP contribution in [0.25, 0.3) is 101 Å². The van der Waals surface area contributed by atoms with Crippen LogP contribution in [0.3, 0.4) is 0 Å². The molecule has 0 N–H and O–H groups in total. The van der Waals surface area contributed by atoms with Gasteiger partial charge in [0.05, 0.1) is 5.56 Å². The van der Waals surface area contributed by atoms with Gasteiger partial charge in [0.2, 0.25) is 5.89 Å². The van der Waals surface area contributed by atoms with Crippen LogP contribution >= 0.6 is 0 Å². The Balaban J connectivity index is 1.22. The van der Waals surface area contributed by atoms with Crippen LogP contribution in [0.4, 0.5) is 0 Å².